The average molecular weight is 274 g/mol. The Morgan fingerprint density at radius 2 is 1.95 bits per heavy atom. The lowest BCUT2D eigenvalue weighted by Crippen LogP contribution is -2.46. The van der Waals surface area contributed by atoms with Crippen molar-refractivity contribution in [3.63, 3.8) is 0 Å². The van der Waals surface area contributed by atoms with Gasteiger partial charge in [-0.1, -0.05) is 12.1 Å². The Labute approximate surface area is 110 Å². The highest BCUT2D eigenvalue weighted by molar-refractivity contribution is 5.28. The topological polar surface area (TPSA) is 35.5 Å². The van der Waals surface area contributed by atoms with Crippen LogP contribution in [0.1, 0.15) is 17.2 Å². The van der Waals surface area contributed by atoms with Crippen LogP contribution in [0.25, 0.3) is 0 Å². The molecule has 0 saturated carbocycles. The highest BCUT2D eigenvalue weighted by atomic mass is 19.4. The molecule has 19 heavy (non-hydrogen) atoms. The minimum absolute atomic E-state index is 0.179. The summed E-state index contributed by atoms with van der Waals surface area (Å²) in [4.78, 5) is 2.01. The third kappa shape index (κ3) is 3.46. The number of rotatable bonds is 3. The monoisotopic (exact) mass is 274 g/mol. The number of aliphatic hydroxyl groups excluding tert-OH is 1. The van der Waals surface area contributed by atoms with Crippen LogP contribution in [0, 0.1) is 0 Å². The Kier molecular flexibility index (Phi) is 4.44. The van der Waals surface area contributed by atoms with Gasteiger partial charge in [-0.15, -0.1) is 0 Å². The Balaban J connectivity index is 2.22. The lowest BCUT2D eigenvalue weighted by molar-refractivity contribution is -0.137. The summed E-state index contributed by atoms with van der Waals surface area (Å²) in [5, 5.41) is 12.7. The lowest BCUT2D eigenvalue weighted by atomic mass is 10.0. The van der Waals surface area contributed by atoms with Gasteiger partial charge in [0.25, 0.3) is 0 Å². The largest absolute Gasteiger partial charge is 0.416 e. The summed E-state index contributed by atoms with van der Waals surface area (Å²) >= 11 is 0. The fraction of sp³-hybridized carbons (Fsp3) is 0.538. The van der Waals surface area contributed by atoms with Gasteiger partial charge < -0.3 is 10.4 Å². The first-order valence-corrected chi connectivity index (χ1v) is 6.25. The molecule has 0 aromatic heterocycles. The molecule has 106 valence electrons. The number of alkyl halides is 3. The predicted octanol–water partition coefficient (Wildman–Crippen LogP) is 1.64. The van der Waals surface area contributed by atoms with E-state index < -0.39 is 11.7 Å². The molecule has 0 bridgehead atoms. The van der Waals surface area contributed by atoms with Gasteiger partial charge in [0.2, 0.25) is 0 Å². The first-order valence-electron chi connectivity index (χ1n) is 6.25. The number of nitrogens with zero attached hydrogens (tertiary/aromatic N) is 1. The van der Waals surface area contributed by atoms with Gasteiger partial charge >= 0.3 is 6.18 Å². The zero-order valence-corrected chi connectivity index (χ0v) is 10.5. The number of hydrogen-bond donors (Lipinski definition) is 2. The van der Waals surface area contributed by atoms with E-state index >= 15 is 0 Å². The van der Waals surface area contributed by atoms with Crippen molar-refractivity contribution in [3.8, 4) is 0 Å². The van der Waals surface area contributed by atoms with E-state index in [0.29, 0.717) is 5.56 Å². The average Bonchev–Trinajstić information content (AvgIpc) is 2.40. The van der Waals surface area contributed by atoms with Crippen molar-refractivity contribution in [1.82, 2.24) is 10.2 Å². The van der Waals surface area contributed by atoms with E-state index in [1.807, 2.05) is 4.90 Å². The molecular formula is C13H17F3N2O. The molecule has 0 amide bonds. The molecule has 0 aliphatic carbocycles. The minimum Gasteiger partial charge on any atom is -0.394 e. The number of benzene rings is 1. The molecule has 0 spiro atoms. The van der Waals surface area contributed by atoms with E-state index in [1.54, 1.807) is 6.07 Å². The molecule has 1 aliphatic rings. The Hall–Kier alpha value is -1.11. The van der Waals surface area contributed by atoms with Crippen molar-refractivity contribution in [1.29, 1.82) is 0 Å². The fourth-order valence-electron chi connectivity index (χ4n) is 2.35. The summed E-state index contributed by atoms with van der Waals surface area (Å²) in [6, 6.07) is 4.84. The Morgan fingerprint density at radius 1 is 1.26 bits per heavy atom. The molecule has 0 radical (unpaired) electrons. The number of piperazine rings is 1. The Bertz CT molecular complexity index is 417. The van der Waals surface area contributed by atoms with Crippen LogP contribution in [0.3, 0.4) is 0 Å². The third-order valence-corrected chi connectivity index (χ3v) is 3.36. The van der Waals surface area contributed by atoms with Gasteiger partial charge in [-0.3, -0.25) is 4.90 Å². The lowest BCUT2D eigenvalue weighted by Gasteiger charge is -2.34. The van der Waals surface area contributed by atoms with Crippen LogP contribution >= 0.6 is 0 Å². The zero-order valence-electron chi connectivity index (χ0n) is 10.5. The highest BCUT2D eigenvalue weighted by Crippen LogP contribution is 2.31. The van der Waals surface area contributed by atoms with E-state index in [9.17, 15) is 18.3 Å². The van der Waals surface area contributed by atoms with Gasteiger partial charge in [0.05, 0.1) is 18.2 Å². The molecule has 1 saturated heterocycles. The van der Waals surface area contributed by atoms with Crippen LogP contribution in [0.2, 0.25) is 0 Å². The van der Waals surface area contributed by atoms with Gasteiger partial charge in [-0.2, -0.15) is 13.2 Å². The van der Waals surface area contributed by atoms with E-state index in [-0.39, 0.29) is 12.6 Å². The van der Waals surface area contributed by atoms with Crippen molar-refractivity contribution < 1.29 is 18.3 Å². The standard InChI is InChI=1S/C13H17F3N2O/c14-13(15,16)11-3-1-2-10(8-11)12(9-19)18-6-4-17-5-7-18/h1-3,8,12,17,19H,4-7,9H2/t12-/m1/s1. The zero-order chi connectivity index (χ0) is 13.9. The van der Waals surface area contributed by atoms with Crippen LogP contribution in [-0.2, 0) is 6.18 Å². The minimum atomic E-state index is -4.35. The first-order chi connectivity index (χ1) is 9.02. The molecule has 1 heterocycles. The maximum Gasteiger partial charge on any atom is 0.416 e. The van der Waals surface area contributed by atoms with Crippen molar-refractivity contribution >= 4 is 0 Å². The summed E-state index contributed by atoms with van der Waals surface area (Å²) < 4.78 is 38.1. The SMILES string of the molecule is OC[C@H](c1cccc(C(F)(F)F)c1)N1CCNCC1. The molecule has 3 nitrogen and oxygen atoms in total. The summed E-state index contributed by atoms with van der Waals surface area (Å²) in [6.45, 7) is 2.84. The molecule has 1 aromatic rings. The molecule has 1 fully saturated rings. The predicted molar refractivity (Wildman–Crippen MR) is 65.7 cm³/mol. The molecule has 1 aromatic carbocycles. The maximum atomic E-state index is 12.7. The second-order valence-corrected chi connectivity index (χ2v) is 4.61. The second-order valence-electron chi connectivity index (χ2n) is 4.61. The van der Waals surface area contributed by atoms with Gasteiger partial charge in [-0.25, -0.2) is 0 Å². The molecule has 2 rings (SSSR count). The van der Waals surface area contributed by atoms with Crippen molar-refractivity contribution in [3.05, 3.63) is 35.4 Å². The van der Waals surface area contributed by atoms with E-state index in [1.165, 1.54) is 6.07 Å². The molecular weight excluding hydrogens is 257 g/mol. The van der Waals surface area contributed by atoms with Crippen LogP contribution in [-0.4, -0.2) is 42.8 Å². The summed E-state index contributed by atoms with van der Waals surface area (Å²) in [6.07, 6.45) is -4.35. The molecule has 2 N–H and O–H groups in total. The number of aliphatic hydroxyl groups is 1. The van der Waals surface area contributed by atoms with Crippen molar-refractivity contribution in [2.45, 2.75) is 12.2 Å². The van der Waals surface area contributed by atoms with Crippen molar-refractivity contribution in [2.24, 2.45) is 0 Å². The van der Waals surface area contributed by atoms with E-state index in [0.717, 1.165) is 38.3 Å². The Morgan fingerprint density at radius 3 is 2.53 bits per heavy atom. The summed E-state index contributed by atoms with van der Waals surface area (Å²) in [5.74, 6) is 0. The van der Waals surface area contributed by atoms with E-state index in [2.05, 4.69) is 5.32 Å². The fourth-order valence-corrected chi connectivity index (χ4v) is 2.35. The first kappa shape index (κ1) is 14.3. The van der Waals surface area contributed by atoms with Crippen molar-refractivity contribution in [2.75, 3.05) is 32.8 Å². The number of halogens is 3. The molecule has 1 atom stereocenters. The van der Waals surface area contributed by atoms with E-state index in [4.69, 9.17) is 0 Å². The van der Waals surface area contributed by atoms with Crippen LogP contribution < -0.4 is 5.32 Å². The molecule has 0 unspecified atom stereocenters. The van der Waals surface area contributed by atoms with Gasteiger partial charge in [0.15, 0.2) is 0 Å². The normalized spacial score (nSPS) is 19.4. The number of nitrogens with one attached hydrogen (secondary N) is 1. The van der Waals surface area contributed by atoms with Gasteiger partial charge in [0, 0.05) is 26.2 Å². The van der Waals surface area contributed by atoms with Gasteiger partial charge in [-0.05, 0) is 17.7 Å². The highest BCUT2D eigenvalue weighted by Gasteiger charge is 2.31. The van der Waals surface area contributed by atoms with Crippen LogP contribution in [0.15, 0.2) is 24.3 Å². The van der Waals surface area contributed by atoms with Gasteiger partial charge in [0.1, 0.15) is 0 Å². The third-order valence-electron chi connectivity index (χ3n) is 3.36. The quantitative estimate of drug-likeness (QED) is 0.879. The van der Waals surface area contributed by atoms with Crippen LogP contribution in [0.4, 0.5) is 13.2 Å². The maximum absolute atomic E-state index is 12.7. The molecule has 1 aliphatic heterocycles. The number of hydrogen-bond acceptors (Lipinski definition) is 3. The second kappa shape index (κ2) is 5.90. The summed E-state index contributed by atoms with van der Waals surface area (Å²) in [7, 11) is 0. The summed E-state index contributed by atoms with van der Waals surface area (Å²) in [5.41, 5.74) is -0.155. The van der Waals surface area contributed by atoms with Crippen LogP contribution in [0.5, 0.6) is 0 Å². The molecule has 6 heteroatoms. The smallest absolute Gasteiger partial charge is 0.394 e.